The molecular formula is C16H23N5O3S2. The van der Waals surface area contributed by atoms with E-state index in [1.807, 2.05) is 10.8 Å². The van der Waals surface area contributed by atoms with E-state index in [0.29, 0.717) is 19.6 Å². The summed E-state index contributed by atoms with van der Waals surface area (Å²) in [6, 6.07) is 1.41. The molecule has 0 aliphatic carbocycles. The molecule has 0 saturated carbocycles. The van der Waals surface area contributed by atoms with Gasteiger partial charge in [0.1, 0.15) is 10.6 Å². The monoisotopic (exact) mass is 397 g/mol. The van der Waals surface area contributed by atoms with Crippen LogP contribution < -0.4 is 5.32 Å². The number of nitrogens with one attached hydrogen (secondary N) is 2. The van der Waals surface area contributed by atoms with Crippen molar-refractivity contribution in [3.8, 4) is 0 Å². The van der Waals surface area contributed by atoms with E-state index in [-0.39, 0.29) is 16.5 Å². The van der Waals surface area contributed by atoms with E-state index >= 15 is 0 Å². The summed E-state index contributed by atoms with van der Waals surface area (Å²) >= 11 is 1.75. The van der Waals surface area contributed by atoms with Gasteiger partial charge < -0.3 is 14.9 Å². The van der Waals surface area contributed by atoms with Crippen LogP contribution in [0.3, 0.4) is 0 Å². The number of hydrogen-bond acceptors (Lipinski definition) is 5. The molecule has 1 amide bonds. The second-order valence-corrected chi connectivity index (χ2v) is 9.19. The third-order valence-corrected chi connectivity index (χ3v) is 7.02. The second-order valence-electron chi connectivity index (χ2n) is 6.03. The van der Waals surface area contributed by atoms with Crippen LogP contribution in [0, 0.1) is 0 Å². The second kappa shape index (κ2) is 8.74. The highest BCUT2D eigenvalue weighted by Gasteiger charge is 2.27. The molecule has 0 bridgehead atoms. The summed E-state index contributed by atoms with van der Waals surface area (Å²) in [5.41, 5.74) is 0.268. The van der Waals surface area contributed by atoms with E-state index < -0.39 is 10.0 Å². The maximum atomic E-state index is 12.6. The minimum atomic E-state index is -3.53. The summed E-state index contributed by atoms with van der Waals surface area (Å²) in [6.07, 6.45) is 8.56. The molecule has 26 heavy (non-hydrogen) atoms. The normalized spacial score (nSPS) is 15.8. The van der Waals surface area contributed by atoms with Gasteiger partial charge in [0.05, 0.1) is 6.33 Å². The maximum Gasteiger partial charge on any atom is 0.267 e. The Morgan fingerprint density at radius 3 is 2.85 bits per heavy atom. The van der Waals surface area contributed by atoms with Crippen molar-refractivity contribution < 1.29 is 13.2 Å². The van der Waals surface area contributed by atoms with Crippen LogP contribution in [-0.2, 0) is 16.6 Å². The van der Waals surface area contributed by atoms with Crippen LogP contribution in [0.25, 0.3) is 0 Å². The van der Waals surface area contributed by atoms with Crippen LogP contribution in [0.2, 0.25) is 0 Å². The summed E-state index contributed by atoms with van der Waals surface area (Å²) in [5, 5.41) is 2.82. The molecule has 142 valence electrons. The zero-order chi connectivity index (χ0) is 18.4. The smallest absolute Gasteiger partial charge is 0.267 e. The Morgan fingerprint density at radius 1 is 1.31 bits per heavy atom. The summed E-state index contributed by atoms with van der Waals surface area (Å²) in [5.74, 6) is 1.31. The number of imidazole rings is 1. The molecule has 1 aliphatic rings. The number of rotatable bonds is 8. The quantitative estimate of drug-likeness (QED) is 0.651. The van der Waals surface area contributed by atoms with Crippen molar-refractivity contribution in [2.24, 2.45) is 0 Å². The average molecular weight is 398 g/mol. The minimum Gasteiger partial charge on any atom is -0.356 e. The van der Waals surface area contributed by atoms with Gasteiger partial charge in [0.15, 0.2) is 0 Å². The number of carbonyl (C=O) groups excluding carboxylic acids is 1. The number of carbonyl (C=O) groups is 1. The van der Waals surface area contributed by atoms with Crippen LogP contribution in [-0.4, -0.2) is 64.3 Å². The van der Waals surface area contributed by atoms with E-state index in [9.17, 15) is 13.2 Å². The Hall–Kier alpha value is -1.78. The van der Waals surface area contributed by atoms with Gasteiger partial charge >= 0.3 is 0 Å². The zero-order valence-electron chi connectivity index (χ0n) is 14.4. The molecular weight excluding hydrogens is 374 g/mol. The third-order valence-electron chi connectivity index (χ3n) is 4.20. The fraction of sp³-hybridized carbons (Fsp3) is 0.500. The molecule has 1 saturated heterocycles. The number of thioether (sulfide) groups is 1. The fourth-order valence-electron chi connectivity index (χ4n) is 2.73. The van der Waals surface area contributed by atoms with Crippen molar-refractivity contribution in [3.63, 3.8) is 0 Å². The first-order valence-corrected chi connectivity index (χ1v) is 11.2. The van der Waals surface area contributed by atoms with E-state index in [0.717, 1.165) is 30.9 Å². The van der Waals surface area contributed by atoms with Crippen molar-refractivity contribution >= 4 is 27.7 Å². The zero-order valence-corrected chi connectivity index (χ0v) is 16.1. The number of aromatic amines is 1. The number of aryl methyl sites for hydroxylation is 1. The summed E-state index contributed by atoms with van der Waals surface area (Å²) in [6.45, 7) is 2.42. The van der Waals surface area contributed by atoms with Crippen molar-refractivity contribution in [1.29, 1.82) is 0 Å². The van der Waals surface area contributed by atoms with Gasteiger partial charge in [-0.1, -0.05) is 0 Å². The molecule has 1 aliphatic heterocycles. The number of hydrogen-bond donors (Lipinski definition) is 2. The first kappa shape index (κ1) is 19.0. The Balaban J connectivity index is 1.48. The number of unbranched alkanes of at least 4 members (excludes halogenated alkanes) is 1. The standard InChI is InChI=1S/C16H23N5O3S2/c22-16(18-3-1-2-5-20-6-4-17-13-20)15-11-14(12-19-15)26(23,24)21-7-9-25-10-8-21/h4,6,11-13,19H,1-3,5,7-10H2,(H,18,22). The Morgan fingerprint density at radius 2 is 2.12 bits per heavy atom. The lowest BCUT2D eigenvalue weighted by molar-refractivity contribution is 0.0948. The molecule has 2 aromatic rings. The van der Waals surface area contributed by atoms with Gasteiger partial charge in [-0.3, -0.25) is 4.79 Å². The van der Waals surface area contributed by atoms with Crippen LogP contribution in [0.1, 0.15) is 23.3 Å². The van der Waals surface area contributed by atoms with Crippen molar-refractivity contribution in [2.75, 3.05) is 31.1 Å². The highest BCUT2D eigenvalue weighted by atomic mass is 32.2. The molecule has 3 rings (SSSR count). The Bertz CT molecular complexity index is 811. The van der Waals surface area contributed by atoms with Gasteiger partial charge in [-0.25, -0.2) is 13.4 Å². The molecule has 1 fully saturated rings. The predicted molar refractivity (Wildman–Crippen MR) is 101 cm³/mol. The fourth-order valence-corrected chi connectivity index (χ4v) is 5.30. The minimum absolute atomic E-state index is 0.148. The third kappa shape index (κ3) is 4.68. The largest absolute Gasteiger partial charge is 0.356 e. The Kier molecular flexibility index (Phi) is 6.38. The number of nitrogens with zero attached hydrogens (tertiary/aromatic N) is 3. The van der Waals surface area contributed by atoms with Gasteiger partial charge in [-0.15, -0.1) is 0 Å². The number of aromatic nitrogens is 3. The molecule has 2 N–H and O–H groups in total. The summed E-state index contributed by atoms with van der Waals surface area (Å²) in [4.78, 5) is 19.1. The van der Waals surface area contributed by atoms with Gasteiger partial charge in [0, 0.05) is 56.3 Å². The van der Waals surface area contributed by atoms with Gasteiger partial charge in [-0.2, -0.15) is 16.1 Å². The Labute approximate surface area is 157 Å². The lowest BCUT2D eigenvalue weighted by atomic mass is 10.3. The topological polar surface area (TPSA) is 100 Å². The van der Waals surface area contributed by atoms with Crippen LogP contribution in [0.5, 0.6) is 0 Å². The van der Waals surface area contributed by atoms with Crippen molar-refractivity contribution in [1.82, 2.24) is 24.2 Å². The molecule has 10 heteroatoms. The SMILES string of the molecule is O=C(NCCCCn1ccnc1)c1cc(S(=O)(=O)N2CCSCC2)c[nH]1. The number of amides is 1. The van der Waals surface area contributed by atoms with Crippen LogP contribution >= 0.6 is 11.8 Å². The summed E-state index contributed by atoms with van der Waals surface area (Å²) in [7, 11) is -3.53. The average Bonchev–Trinajstić information content (AvgIpc) is 3.34. The molecule has 8 nitrogen and oxygen atoms in total. The molecule has 0 spiro atoms. The van der Waals surface area contributed by atoms with Crippen LogP contribution in [0.15, 0.2) is 35.9 Å². The molecule has 0 atom stereocenters. The molecule has 2 aromatic heterocycles. The number of H-pyrrole nitrogens is 1. The van der Waals surface area contributed by atoms with Gasteiger partial charge in [0.2, 0.25) is 10.0 Å². The lowest BCUT2D eigenvalue weighted by Gasteiger charge is -2.24. The van der Waals surface area contributed by atoms with Gasteiger partial charge in [0.25, 0.3) is 5.91 Å². The van der Waals surface area contributed by atoms with E-state index in [2.05, 4.69) is 15.3 Å². The number of sulfonamides is 1. The molecule has 0 aromatic carbocycles. The molecule has 3 heterocycles. The van der Waals surface area contributed by atoms with Crippen LogP contribution in [0.4, 0.5) is 0 Å². The maximum absolute atomic E-state index is 12.6. The molecule has 0 unspecified atom stereocenters. The van der Waals surface area contributed by atoms with Crippen molar-refractivity contribution in [3.05, 3.63) is 36.7 Å². The van der Waals surface area contributed by atoms with E-state index in [4.69, 9.17) is 0 Å². The summed E-state index contributed by atoms with van der Waals surface area (Å²) < 4.78 is 28.7. The van der Waals surface area contributed by atoms with E-state index in [1.165, 1.54) is 16.6 Å². The van der Waals surface area contributed by atoms with E-state index in [1.54, 1.807) is 24.3 Å². The predicted octanol–water partition coefficient (Wildman–Crippen LogP) is 1.16. The van der Waals surface area contributed by atoms with Gasteiger partial charge in [-0.05, 0) is 18.9 Å². The first-order chi connectivity index (χ1) is 12.6. The lowest BCUT2D eigenvalue weighted by Crippen LogP contribution is -2.37. The highest BCUT2D eigenvalue weighted by molar-refractivity contribution is 7.99. The molecule has 0 radical (unpaired) electrons. The highest BCUT2D eigenvalue weighted by Crippen LogP contribution is 2.20. The van der Waals surface area contributed by atoms with Crippen molar-refractivity contribution in [2.45, 2.75) is 24.3 Å². The first-order valence-electron chi connectivity index (χ1n) is 8.57.